The van der Waals surface area contributed by atoms with Crippen LogP contribution in [0.1, 0.15) is 11.1 Å². The predicted molar refractivity (Wildman–Crippen MR) is 115 cm³/mol. The number of amides is 2. The lowest BCUT2D eigenvalue weighted by Gasteiger charge is -2.17. The number of hydrogen-bond donors (Lipinski definition) is 2. The Morgan fingerprint density at radius 3 is 2.71 bits per heavy atom. The number of benzene rings is 2. The van der Waals surface area contributed by atoms with Crippen LogP contribution in [0.15, 0.2) is 42.0 Å². The van der Waals surface area contributed by atoms with Gasteiger partial charge < -0.3 is 24.8 Å². The molecule has 1 aliphatic heterocycles. The molecule has 2 aromatic rings. The predicted octanol–water partition coefficient (Wildman–Crippen LogP) is 2.73. The number of fused-ring (bicyclic) bond motifs is 1. The Balaban J connectivity index is 1.47. The Morgan fingerprint density at radius 1 is 1.13 bits per heavy atom. The van der Waals surface area contributed by atoms with Gasteiger partial charge in [-0.3, -0.25) is 9.59 Å². The first-order valence-corrected chi connectivity index (χ1v) is 9.74. The standard InChI is InChI=1S/C22H21ClN2O6/c1-13-3-5-19(29-2)17(7-13)25-20(26)10-24-21(27)12-31-22(28)15-8-14-9-16(23)4-6-18(14)30-11-15/h3-9H,10-12H2,1-2H3,(H,24,27)(H,25,26). The Kier molecular flexibility index (Phi) is 7.15. The number of carbonyl (C=O) groups excluding carboxylic acids is 3. The molecule has 31 heavy (non-hydrogen) atoms. The molecule has 0 atom stereocenters. The summed E-state index contributed by atoms with van der Waals surface area (Å²) in [6.45, 7) is 1.09. The number of anilines is 1. The van der Waals surface area contributed by atoms with Gasteiger partial charge in [-0.15, -0.1) is 0 Å². The van der Waals surface area contributed by atoms with Crippen molar-refractivity contribution in [2.24, 2.45) is 0 Å². The van der Waals surface area contributed by atoms with Crippen LogP contribution in [0.4, 0.5) is 5.69 Å². The summed E-state index contributed by atoms with van der Waals surface area (Å²) in [7, 11) is 1.50. The largest absolute Gasteiger partial charge is 0.495 e. The molecule has 2 amide bonds. The summed E-state index contributed by atoms with van der Waals surface area (Å²) in [5, 5.41) is 5.57. The van der Waals surface area contributed by atoms with Gasteiger partial charge in [0.15, 0.2) is 6.61 Å². The molecule has 2 aromatic carbocycles. The lowest BCUT2D eigenvalue weighted by Crippen LogP contribution is -2.36. The monoisotopic (exact) mass is 444 g/mol. The highest BCUT2D eigenvalue weighted by Gasteiger charge is 2.20. The van der Waals surface area contributed by atoms with E-state index in [4.69, 9.17) is 25.8 Å². The van der Waals surface area contributed by atoms with Gasteiger partial charge in [-0.1, -0.05) is 17.7 Å². The molecular weight excluding hydrogens is 424 g/mol. The van der Waals surface area contributed by atoms with Gasteiger partial charge >= 0.3 is 5.97 Å². The van der Waals surface area contributed by atoms with E-state index in [1.54, 1.807) is 36.4 Å². The zero-order chi connectivity index (χ0) is 22.4. The van der Waals surface area contributed by atoms with Crippen molar-refractivity contribution in [3.05, 3.63) is 58.1 Å². The third-order valence-electron chi connectivity index (χ3n) is 4.36. The van der Waals surface area contributed by atoms with Gasteiger partial charge in [0, 0.05) is 10.6 Å². The van der Waals surface area contributed by atoms with Crippen LogP contribution in [0.3, 0.4) is 0 Å². The fourth-order valence-corrected chi connectivity index (χ4v) is 3.01. The van der Waals surface area contributed by atoms with E-state index in [0.717, 1.165) is 5.56 Å². The molecule has 0 bridgehead atoms. The van der Waals surface area contributed by atoms with Crippen LogP contribution in [-0.4, -0.2) is 44.7 Å². The summed E-state index contributed by atoms with van der Waals surface area (Å²) in [5.41, 5.74) is 2.35. The molecule has 0 aliphatic carbocycles. The van der Waals surface area contributed by atoms with Gasteiger partial charge in [0.2, 0.25) is 5.91 Å². The fraction of sp³-hybridized carbons (Fsp3) is 0.227. The number of hydrogen-bond acceptors (Lipinski definition) is 6. The van der Waals surface area contributed by atoms with Gasteiger partial charge in [0.1, 0.15) is 18.1 Å². The smallest absolute Gasteiger partial charge is 0.338 e. The maximum absolute atomic E-state index is 12.2. The van der Waals surface area contributed by atoms with Gasteiger partial charge in [-0.2, -0.15) is 0 Å². The molecule has 0 spiro atoms. The van der Waals surface area contributed by atoms with Crippen molar-refractivity contribution in [2.75, 3.05) is 32.2 Å². The number of aryl methyl sites for hydroxylation is 1. The van der Waals surface area contributed by atoms with Crippen LogP contribution in [0.25, 0.3) is 6.08 Å². The van der Waals surface area contributed by atoms with Crippen LogP contribution in [-0.2, 0) is 19.1 Å². The van der Waals surface area contributed by atoms with Crippen LogP contribution >= 0.6 is 11.6 Å². The molecule has 0 saturated carbocycles. The second kappa shape index (κ2) is 9.99. The number of esters is 1. The number of ether oxygens (including phenoxy) is 3. The van der Waals surface area contributed by atoms with E-state index in [2.05, 4.69) is 10.6 Å². The first-order chi connectivity index (χ1) is 14.9. The van der Waals surface area contributed by atoms with Crippen molar-refractivity contribution < 1.29 is 28.6 Å². The maximum Gasteiger partial charge on any atom is 0.338 e. The van der Waals surface area contributed by atoms with Crippen molar-refractivity contribution in [3.8, 4) is 11.5 Å². The molecule has 1 heterocycles. The Morgan fingerprint density at radius 2 is 1.94 bits per heavy atom. The highest BCUT2D eigenvalue weighted by atomic mass is 35.5. The van der Waals surface area contributed by atoms with Gasteiger partial charge in [-0.25, -0.2) is 4.79 Å². The van der Waals surface area contributed by atoms with E-state index >= 15 is 0 Å². The number of nitrogens with one attached hydrogen (secondary N) is 2. The Hall–Kier alpha value is -3.52. The average molecular weight is 445 g/mol. The van der Waals surface area contributed by atoms with E-state index < -0.39 is 24.4 Å². The van der Waals surface area contributed by atoms with Gasteiger partial charge in [0.05, 0.1) is 24.9 Å². The van der Waals surface area contributed by atoms with Crippen LogP contribution in [0.5, 0.6) is 11.5 Å². The first kappa shape index (κ1) is 22.2. The van der Waals surface area contributed by atoms with Crippen molar-refractivity contribution in [1.29, 1.82) is 0 Å². The summed E-state index contributed by atoms with van der Waals surface area (Å²) in [6.07, 6.45) is 1.60. The highest BCUT2D eigenvalue weighted by molar-refractivity contribution is 6.30. The highest BCUT2D eigenvalue weighted by Crippen LogP contribution is 2.29. The van der Waals surface area contributed by atoms with Crippen molar-refractivity contribution in [3.63, 3.8) is 0 Å². The first-order valence-electron chi connectivity index (χ1n) is 9.37. The lowest BCUT2D eigenvalue weighted by molar-refractivity contribution is -0.145. The topological polar surface area (TPSA) is 103 Å². The zero-order valence-corrected chi connectivity index (χ0v) is 17.7. The third kappa shape index (κ3) is 5.99. The molecule has 0 aromatic heterocycles. The Labute approximate surface area is 184 Å². The molecule has 2 N–H and O–H groups in total. The van der Waals surface area contributed by atoms with E-state index in [0.29, 0.717) is 27.8 Å². The molecule has 8 nitrogen and oxygen atoms in total. The fourth-order valence-electron chi connectivity index (χ4n) is 2.83. The van der Waals surface area contributed by atoms with Crippen molar-refractivity contribution >= 4 is 41.1 Å². The van der Waals surface area contributed by atoms with Crippen molar-refractivity contribution in [2.45, 2.75) is 6.92 Å². The molecule has 162 valence electrons. The molecule has 1 aliphatic rings. The number of carbonyl (C=O) groups is 3. The maximum atomic E-state index is 12.2. The molecule has 0 radical (unpaired) electrons. The van der Waals surface area contributed by atoms with E-state index in [1.807, 2.05) is 13.0 Å². The minimum Gasteiger partial charge on any atom is -0.495 e. The second-order valence-corrected chi connectivity index (χ2v) is 7.18. The number of rotatable bonds is 7. The van der Waals surface area contributed by atoms with Gasteiger partial charge in [-0.05, 0) is 48.9 Å². The summed E-state index contributed by atoms with van der Waals surface area (Å²) >= 11 is 5.95. The molecule has 0 unspecified atom stereocenters. The van der Waals surface area contributed by atoms with Crippen LogP contribution < -0.4 is 20.1 Å². The van der Waals surface area contributed by atoms with E-state index in [9.17, 15) is 14.4 Å². The van der Waals surface area contributed by atoms with Crippen LogP contribution in [0.2, 0.25) is 5.02 Å². The SMILES string of the molecule is COc1ccc(C)cc1NC(=O)CNC(=O)COC(=O)C1=Cc2cc(Cl)ccc2OC1. The molecular formula is C22H21ClN2O6. The molecule has 9 heteroatoms. The van der Waals surface area contributed by atoms with Gasteiger partial charge in [0.25, 0.3) is 5.91 Å². The summed E-state index contributed by atoms with van der Waals surface area (Å²) in [6, 6.07) is 10.4. The summed E-state index contributed by atoms with van der Waals surface area (Å²) in [4.78, 5) is 36.2. The lowest BCUT2D eigenvalue weighted by atomic mass is 10.1. The quantitative estimate of drug-likeness (QED) is 0.636. The minimum absolute atomic E-state index is 0.0236. The van der Waals surface area contributed by atoms with E-state index in [1.165, 1.54) is 7.11 Å². The minimum atomic E-state index is -0.685. The molecule has 3 rings (SSSR count). The molecule has 0 fully saturated rings. The average Bonchev–Trinajstić information content (AvgIpc) is 2.75. The third-order valence-corrected chi connectivity index (χ3v) is 4.59. The summed E-state index contributed by atoms with van der Waals surface area (Å²) in [5.74, 6) is -0.629. The van der Waals surface area contributed by atoms with E-state index in [-0.39, 0.29) is 18.7 Å². The summed E-state index contributed by atoms with van der Waals surface area (Å²) < 4.78 is 15.7. The number of methoxy groups -OCH3 is 1. The normalized spacial score (nSPS) is 12.0. The second-order valence-electron chi connectivity index (χ2n) is 6.75. The zero-order valence-electron chi connectivity index (χ0n) is 17.0. The number of halogens is 1. The molecule has 0 saturated heterocycles. The Bertz CT molecular complexity index is 1050. The van der Waals surface area contributed by atoms with Crippen LogP contribution in [0, 0.1) is 6.92 Å². The van der Waals surface area contributed by atoms with Crippen molar-refractivity contribution in [1.82, 2.24) is 5.32 Å².